The Bertz CT molecular complexity index is 443. The number of hydrogen-bond acceptors (Lipinski definition) is 2. The zero-order valence-electron chi connectivity index (χ0n) is 8.20. The summed E-state index contributed by atoms with van der Waals surface area (Å²) in [4.78, 5) is 0. The van der Waals surface area contributed by atoms with Gasteiger partial charge in [0.25, 0.3) is 0 Å². The van der Waals surface area contributed by atoms with Gasteiger partial charge in [0.15, 0.2) is 0 Å². The minimum atomic E-state index is 0.876. The minimum absolute atomic E-state index is 0.876. The number of aromatic nitrogens is 3. The average molecular weight is 175 g/mol. The molecule has 0 spiro atoms. The van der Waals surface area contributed by atoms with Gasteiger partial charge in [-0.15, -0.1) is 5.10 Å². The molecule has 13 heavy (non-hydrogen) atoms. The Hall–Kier alpha value is -1.38. The molecule has 0 atom stereocenters. The second-order valence-corrected chi connectivity index (χ2v) is 3.30. The van der Waals surface area contributed by atoms with Crippen LogP contribution in [-0.4, -0.2) is 15.0 Å². The second-order valence-electron chi connectivity index (χ2n) is 3.30. The highest BCUT2D eigenvalue weighted by Gasteiger charge is 2.07. The molecule has 0 bridgehead atoms. The van der Waals surface area contributed by atoms with Gasteiger partial charge in [-0.25, -0.2) is 4.68 Å². The first-order chi connectivity index (χ1) is 6.24. The van der Waals surface area contributed by atoms with Crippen LogP contribution in [-0.2, 0) is 6.54 Å². The monoisotopic (exact) mass is 175 g/mol. The van der Waals surface area contributed by atoms with Crippen LogP contribution in [0.3, 0.4) is 0 Å². The van der Waals surface area contributed by atoms with E-state index >= 15 is 0 Å². The van der Waals surface area contributed by atoms with Gasteiger partial charge < -0.3 is 0 Å². The molecule has 1 aromatic heterocycles. The van der Waals surface area contributed by atoms with E-state index in [4.69, 9.17) is 0 Å². The van der Waals surface area contributed by atoms with Crippen molar-refractivity contribution in [1.82, 2.24) is 15.0 Å². The summed E-state index contributed by atoms with van der Waals surface area (Å²) in [6.07, 6.45) is 0. The molecule has 0 aliphatic rings. The van der Waals surface area contributed by atoms with Crippen molar-refractivity contribution >= 4 is 11.0 Å². The van der Waals surface area contributed by atoms with Crippen LogP contribution >= 0.6 is 0 Å². The van der Waals surface area contributed by atoms with Gasteiger partial charge in [0.05, 0.1) is 5.52 Å². The van der Waals surface area contributed by atoms with Crippen LogP contribution < -0.4 is 0 Å². The maximum Gasteiger partial charge on any atom is 0.116 e. The largest absolute Gasteiger partial charge is 0.245 e. The molecule has 0 unspecified atom stereocenters. The predicted octanol–water partition coefficient (Wildman–Crippen LogP) is 2.07. The molecule has 0 saturated carbocycles. The van der Waals surface area contributed by atoms with E-state index in [1.165, 1.54) is 16.6 Å². The molecule has 2 rings (SSSR count). The summed E-state index contributed by atoms with van der Waals surface area (Å²) in [5, 5.41) is 8.26. The maximum absolute atomic E-state index is 4.16. The third-order valence-corrected chi connectivity index (χ3v) is 2.37. The van der Waals surface area contributed by atoms with Crippen LogP contribution in [0.4, 0.5) is 0 Å². The fraction of sp³-hybridized carbons (Fsp3) is 0.400. The summed E-state index contributed by atoms with van der Waals surface area (Å²) < 4.78 is 1.94. The van der Waals surface area contributed by atoms with E-state index in [1.54, 1.807) is 0 Å². The van der Waals surface area contributed by atoms with Crippen LogP contribution in [0.5, 0.6) is 0 Å². The number of nitrogens with zero attached hydrogens (tertiary/aromatic N) is 3. The maximum atomic E-state index is 4.16. The van der Waals surface area contributed by atoms with Gasteiger partial charge in [-0.3, -0.25) is 0 Å². The van der Waals surface area contributed by atoms with Crippen LogP contribution in [0.2, 0.25) is 0 Å². The Morgan fingerprint density at radius 1 is 1.23 bits per heavy atom. The highest BCUT2D eigenvalue weighted by Crippen LogP contribution is 2.19. The van der Waals surface area contributed by atoms with E-state index in [2.05, 4.69) is 43.2 Å². The number of benzene rings is 1. The first-order valence-electron chi connectivity index (χ1n) is 4.53. The highest BCUT2D eigenvalue weighted by molar-refractivity contribution is 5.81. The molecule has 1 aromatic carbocycles. The van der Waals surface area contributed by atoms with E-state index in [-0.39, 0.29) is 0 Å². The van der Waals surface area contributed by atoms with E-state index in [0.717, 1.165) is 12.1 Å². The molecule has 0 aliphatic carbocycles. The SMILES string of the molecule is CCn1nnc2c(C)ccc(C)c21. The molecule has 0 aliphatic heterocycles. The molecule has 2 aromatic rings. The van der Waals surface area contributed by atoms with Gasteiger partial charge in [-0.05, 0) is 31.9 Å². The first-order valence-corrected chi connectivity index (χ1v) is 4.53. The molecule has 0 amide bonds. The Morgan fingerprint density at radius 2 is 1.92 bits per heavy atom. The van der Waals surface area contributed by atoms with Crippen molar-refractivity contribution in [2.24, 2.45) is 0 Å². The minimum Gasteiger partial charge on any atom is -0.245 e. The zero-order valence-corrected chi connectivity index (χ0v) is 8.20. The normalized spacial score (nSPS) is 11.0. The van der Waals surface area contributed by atoms with Crippen molar-refractivity contribution in [3.05, 3.63) is 23.3 Å². The summed E-state index contributed by atoms with van der Waals surface area (Å²) in [5.41, 5.74) is 4.64. The lowest BCUT2D eigenvalue weighted by Crippen LogP contribution is -1.97. The standard InChI is InChI=1S/C10H13N3/c1-4-13-10-8(3)6-5-7(2)9(10)11-12-13/h5-6H,4H2,1-3H3. The topological polar surface area (TPSA) is 30.7 Å². The summed E-state index contributed by atoms with van der Waals surface area (Å²) in [5.74, 6) is 0. The number of aryl methyl sites for hydroxylation is 3. The zero-order chi connectivity index (χ0) is 9.42. The third kappa shape index (κ3) is 1.11. The van der Waals surface area contributed by atoms with Crippen molar-refractivity contribution in [3.8, 4) is 0 Å². The lowest BCUT2D eigenvalue weighted by Gasteiger charge is -2.01. The van der Waals surface area contributed by atoms with Crippen LogP contribution in [0.15, 0.2) is 12.1 Å². The number of fused-ring (bicyclic) bond motifs is 1. The smallest absolute Gasteiger partial charge is 0.116 e. The predicted molar refractivity (Wildman–Crippen MR) is 52.7 cm³/mol. The van der Waals surface area contributed by atoms with E-state index in [9.17, 15) is 0 Å². The van der Waals surface area contributed by atoms with E-state index in [1.807, 2.05) is 4.68 Å². The van der Waals surface area contributed by atoms with Crippen molar-refractivity contribution in [2.45, 2.75) is 27.3 Å². The van der Waals surface area contributed by atoms with Gasteiger partial charge in [0.1, 0.15) is 5.52 Å². The molecule has 0 N–H and O–H groups in total. The lowest BCUT2D eigenvalue weighted by atomic mass is 10.1. The Kier molecular flexibility index (Phi) is 1.79. The van der Waals surface area contributed by atoms with Gasteiger partial charge in [-0.1, -0.05) is 17.3 Å². The van der Waals surface area contributed by atoms with Crippen LogP contribution in [0.25, 0.3) is 11.0 Å². The summed E-state index contributed by atoms with van der Waals surface area (Å²) in [6, 6.07) is 4.21. The van der Waals surface area contributed by atoms with Crippen molar-refractivity contribution in [2.75, 3.05) is 0 Å². The number of rotatable bonds is 1. The molecule has 0 saturated heterocycles. The van der Waals surface area contributed by atoms with Crippen molar-refractivity contribution in [1.29, 1.82) is 0 Å². The van der Waals surface area contributed by atoms with Crippen molar-refractivity contribution in [3.63, 3.8) is 0 Å². The Morgan fingerprint density at radius 3 is 2.62 bits per heavy atom. The van der Waals surface area contributed by atoms with Crippen LogP contribution in [0, 0.1) is 13.8 Å². The second kappa shape index (κ2) is 2.83. The quantitative estimate of drug-likeness (QED) is 0.664. The van der Waals surface area contributed by atoms with E-state index < -0.39 is 0 Å². The van der Waals surface area contributed by atoms with Gasteiger partial charge in [0.2, 0.25) is 0 Å². The molecule has 3 nitrogen and oxygen atoms in total. The molecule has 0 fully saturated rings. The first kappa shape index (κ1) is 8.23. The average Bonchev–Trinajstić information content (AvgIpc) is 2.56. The lowest BCUT2D eigenvalue weighted by molar-refractivity contribution is 0.645. The van der Waals surface area contributed by atoms with Crippen LogP contribution in [0.1, 0.15) is 18.1 Å². The fourth-order valence-electron chi connectivity index (χ4n) is 1.60. The molecule has 0 radical (unpaired) electrons. The summed E-state index contributed by atoms with van der Waals surface area (Å²) >= 11 is 0. The molecular weight excluding hydrogens is 162 g/mol. The Balaban J connectivity index is 2.87. The highest BCUT2D eigenvalue weighted by atomic mass is 15.4. The molecule has 3 heteroatoms. The molecule has 1 heterocycles. The summed E-state index contributed by atoms with van der Waals surface area (Å²) in [6.45, 7) is 7.12. The summed E-state index contributed by atoms with van der Waals surface area (Å²) in [7, 11) is 0. The van der Waals surface area contributed by atoms with Gasteiger partial charge >= 0.3 is 0 Å². The fourth-order valence-corrected chi connectivity index (χ4v) is 1.60. The van der Waals surface area contributed by atoms with Crippen molar-refractivity contribution < 1.29 is 0 Å². The van der Waals surface area contributed by atoms with Gasteiger partial charge in [0, 0.05) is 6.54 Å². The molecular formula is C10H13N3. The Labute approximate surface area is 77.4 Å². The number of hydrogen-bond donors (Lipinski definition) is 0. The molecule has 68 valence electrons. The van der Waals surface area contributed by atoms with Gasteiger partial charge in [-0.2, -0.15) is 0 Å². The van der Waals surface area contributed by atoms with E-state index in [0.29, 0.717) is 0 Å². The third-order valence-electron chi connectivity index (χ3n) is 2.37.